The Morgan fingerprint density at radius 1 is 1.21 bits per heavy atom. The maximum absolute atomic E-state index is 12.8. The SMILES string of the molecule is CNc1c(N)cc(-c2ccc([C@@H](C)C(F)(F)F)cc2)c2c1CCO2. The Hall–Kier alpha value is -2.37. The first-order chi connectivity index (χ1) is 11.3. The number of anilines is 2. The minimum absolute atomic E-state index is 0.239. The van der Waals surface area contributed by atoms with E-state index >= 15 is 0 Å². The predicted octanol–water partition coefficient (Wildman–Crippen LogP) is 4.58. The van der Waals surface area contributed by atoms with Gasteiger partial charge in [0.25, 0.3) is 0 Å². The number of hydrogen-bond acceptors (Lipinski definition) is 3. The summed E-state index contributed by atoms with van der Waals surface area (Å²) in [4.78, 5) is 0. The molecule has 3 nitrogen and oxygen atoms in total. The Morgan fingerprint density at radius 3 is 2.46 bits per heavy atom. The molecule has 0 amide bonds. The standard InChI is InChI=1S/C18H19F3N2O/c1-10(18(19,20)21)11-3-5-12(6-4-11)14-9-15(22)16(23-2)13-7-8-24-17(13)14/h3-6,9-10,23H,7-8,22H2,1-2H3/t10-/m1/s1. The quantitative estimate of drug-likeness (QED) is 0.807. The molecule has 24 heavy (non-hydrogen) atoms. The van der Waals surface area contributed by atoms with Gasteiger partial charge in [-0.25, -0.2) is 0 Å². The number of halogens is 3. The van der Waals surface area contributed by atoms with Crippen LogP contribution in [0.25, 0.3) is 11.1 Å². The van der Waals surface area contributed by atoms with Crippen molar-refractivity contribution in [3.05, 3.63) is 41.5 Å². The number of alkyl halides is 3. The molecule has 0 fully saturated rings. The van der Waals surface area contributed by atoms with E-state index in [4.69, 9.17) is 10.5 Å². The first-order valence-corrected chi connectivity index (χ1v) is 7.76. The summed E-state index contributed by atoms with van der Waals surface area (Å²) in [6.45, 7) is 1.74. The summed E-state index contributed by atoms with van der Waals surface area (Å²) in [5.74, 6) is -0.740. The molecule has 128 valence electrons. The fraction of sp³-hybridized carbons (Fsp3) is 0.333. The molecule has 0 saturated heterocycles. The summed E-state index contributed by atoms with van der Waals surface area (Å²) in [7, 11) is 1.80. The molecule has 0 saturated carbocycles. The zero-order chi connectivity index (χ0) is 17.5. The average molecular weight is 336 g/mol. The number of benzene rings is 2. The monoisotopic (exact) mass is 336 g/mol. The lowest BCUT2D eigenvalue weighted by molar-refractivity contribution is -0.146. The third-order valence-electron chi connectivity index (χ3n) is 4.47. The van der Waals surface area contributed by atoms with E-state index in [2.05, 4.69) is 5.32 Å². The summed E-state index contributed by atoms with van der Waals surface area (Å²) in [5.41, 5.74) is 10.4. The topological polar surface area (TPSA) is 47.3 Å². The second-order valence-corrected chi connectivity index (χ2v) is 5.93. The Bertz CT molecular complexity index is 754. The van der Waals surface area contributed by atoms with Gasteiger partial charge in [0.05, 0.1) is 23.9 Å². The van der Waals surface area contributed by atoms with E-state index in [1.54, 1.807) is 25.2 Å². The van der Waals surface area contributed by atoms with Crippen LogP contribution in [0.1, 0.15) is 24.0 Å². The lowest BCUT2D eigenvalue weighted by Gasteiger charge is -2.17. The Kier molecular flexibility index (Phi) is 4.07. The highest BCUT2D eigenvalue weighted by molar-refractivity contribution is 5.85. The van der Waals surface area contributed by atoms with Crippen molar-refractivity contribution in [1.29, 1.82) is 0 Å². The first-order valence-electron chi connectivity index (χ1n) is 7.76. The third kappa shape index (κ3) is 2.77. The van der Waals surface area contributed by atoms with Crippen LogP contribution >= 0.6 is 0 Å². The van der Waals surface area contributed by atoms with Crippen LogP contribution in [0.3, 0.4) is 0 Å². The second-order valence-electron chi connectivity index (χ2n) is 5.93. The van der Waals surface area contributed by atoms with Gasteiger partial charge in [-0.2, -0.15) is 13.2 Å². The molecule has 3 rings (SSSR count). The van der Waals surface area contributed by atoms with Crippen molar-refractivity contribution in [2.45, 2.75) is 25.4 Å². The van der Waals surface area contributed by atoms with Gasteiger partial charge in [-0.15, -0.1) is 0 Å². The zero-order valence-electron chi connectivity index (χ0n) is 13.5. The number of fused-ring (bicyclic) bond motifs is 1. The van der Waals surface area contributed by atoms with Gasteiger partial charge in [0.15, 0.2) is 0 Å². The molecule has 1 aliphatic heterocycles. The van der Waals surface area contributed by atoms with Crippen molar-refractivity contribution < 1.29 is 17.9 Å². The van der Waals surface area contributed by atoms with Crippen LogP contribution in [0.15, 0.2) is 30.3 Å². The minimum Gasteiger partial charge on any atom is -0.492 e. The van der Waals surface area contributed by atoms with E-state index in [0.717, 1.165) is 41.5 Å². The van der Waals surface area contributed by atoms with E-state index in [-0.39, 0.29) is 5.56 Å². The van der Waals surface area contributed by atoms with Crippen molar-refractivity contribution in [2.24, 2.45) is 0 Å². The molecule has 0 aromatic heterocycles. The fourth-order valence-electron chi connectivity index (χ4n) is 3.05. The maximum Gasteiger partial charge on any atom is 0.395 e. The number of ether oxygens (including phenoxy) is 1. The summed E-state index contributed by atoms with van der Waals surface area (Å²) in [6, 6.07) is 8.20. The first kappa shape index (κ1) is 16.5. The molecular formula is C18H19F3N2O. The highest BCUT2D eigenvalue weighted by Gasteiger charge is 2.36. The molecule has 3 N–H and O–H groups in total. The maximum atomic E-state index is 12.8. The predicted molar refractivity (Wildman–Crippen MR) is 89.5 cm³/mol. The van der Waals surface area contributed by atoms with Crippen molar-refractivity contribution in [2.75, 3.05) is 24.7 Å². The van der Waals surface area contributed by atoms with E-state index in [9.17, 15) is 13.2 Å². The smallest absolute Gasteiger partial charge is 0.395 e. The van der Waals surface area contributed by atoms with Gasteiger partial charge in [-0.3, -0.25) is 0 Å². The van der Waals surface area contributed by atoms with Crippen molar-refractivity contribution in [1.82, 2.24) is 0 Å². The molecule has 0 bridgehead atoms. The molecule has 0 spiro atoms. The molecule has 1 aliphatic rings. The van der Waals surface area contributed by atoms with Crippen LogP contribution in [0.5, 0.6) is 5.75 Å². The van der Waals surface area contributed by atoms with Gasteiger partial charge < -0.3 is 15.8 Å². The zero-order valence-corrected chi connectivity index (χ0v) is 13.5. The van der Waals surface area contributed by atoms with Gasteiger partial charge in [0.2, 0.25) is 0 Å². The normalized spacial score (nSPS) is 14.9. The Morgan fingerprint density at radius 2 is 1.88 bits per heavy atom. The molecule has 1 atom stereocenters. The van der Waals surface area contributed by atoms with Crippen molar-refractivity contribution in [3.63, 3.8) is 0 Å². The molecule has 2 aromatic carbocycles. The van der Waals surface area contributed by atoms with Gasteiger partial charge in [0.1, 0.15) is 5.75 Å². The largest absolute Gasteiger partial charge is 0.492 e. The average Bonchev–Trinajstić information content (AvgIpc) is 3.02. The van der Waals surface area contributed by atoms with Crippen molar-refractivity contribution >= 4 is 11.4 Å². The molecule has 0 unspecified atom stereocenters. The number of nitrogens with one attached hydrogen (secondary N) is 1. The molecule has 2 aromatic rings. The van der Waals surface area contributed by atoms with Crippen LogP contribution in [0.4, 0.5) is 24.5 Å². The third-order valence-corrected chi connectivity index (χ3v) is 4.47. The van der Waals surface area contributed by atoms with E-state index < -0.39 is 12.1 Å². The summed E-state index contributed by atoms with van der Waals surface area (Å²) in [6.07, 6.45) is -3.49. The van der Waals surface area contributed by atoms with Crippen LogP contribution in [0, 0.1) is 0 Å². The van der Waals surface area contributed by atoms with Crippen LogP contribution in [-0.4, -0.2) is 19.8 Å². The molecular weight excluding hydrogens is 317 g/mol. The second kappa shape index (κ2) is 5.92. The Balaban J connectivity index is 2.02. The van der Waals surface area contributed by atoms with Crippen LogP contribution in [-0.2, 0) is 6.42 Å². The van der Waals surface area contributed by atoms with Crippen LogP contribution in [0.2, 0.25) is 0 Å². The van der Waals surface area contributed by atoms with Gasteiger partial charge in [-0.1, -0.05) is 24.3 Å². The Labute approximate surface area is 138 Å². The molecule has 1 heterocycles. The lowest BCUT2D eigenvalue weighted by atomic mass is 9.94. The summed E-state index contributed by atoms with van der Waals surface area (Å²) >= 11 is 0. The molecule has 0 radical (unpaired) electrons. The highest BCUT2D eigenvalue weighted by atomic mass is 19.4. The van der Waals surface area contributed by atoms with Gasteiger partial charge >= 0.3 is 6.18 Å². The number of nitrogen functional groups attached to an aromatic ring is 1. The number of hydrogen-bond donors (Lipinski definition) is 2. The number of rotatable bonds is 3. The van der Waals surface area contributed by atoms with E-state index in [0.29, 0.717) is 12.3 Å². The van der Waals surface area contributed by atoms with E-state index in [1.165, 1.54) is 12.1 Å². The van der Waals surface area contributed by atoms with Crippen LogP contribution < -0.4 is 15.8 Å². The fourth-order valence-corrected chi connectivity index (χ4v) is 3.05. The van der Waals surface area contributed by atoms with Gasteiger partial charge in [-0.05, 0) is 24.1 Å². The summed E-state index contributed by atoms with van der Waals surface area (Å²) < 4.78 is 44.2. The number of nitrogens with two attached hydrogens (primary N) is 1. The highest BCUT2D eigenvalue weighted by Crippen LogP contribution is 2.44. The molecule has 0 aliphatic carbocycles. The minimum atomic E-state index is -4.25. The van der Waals surface area contributed by atoms with E-state index in [1.807, 2.05) is 0 Å². The van der Waals surface area contributed by atoms with Gasteiger partial charge in [0, 0.05) is 24.6 Å². The molecule has 6 heteroatoms. The summed E-state index contributed by atoms with van der Waals surface area (Å²) in [5, 5.41) is 3.08. The van der Waals surface area contributed by atoms with Crippen molar-refractivity contribution in [3.8, 4) is 16.9 Å². The lowest BCUT2D eigenvalue weighted by Crippen LogP contribution is -2.17.